The Morgan fingerprint density at radius 3 is 2.13 bits per heavy atom. The molecule has 0 saturated heterocycles. The molecule has 0 fully saturated rings. The SMILES string of the molecule is COc1ccc(CC(C)(C)C)c(C)c1C. The number of rotatable bonds is 2. The Balaban J connectivity index is 3.07. The van der Waals surface area contributed by atoms with E-state index in [0.717, 1.165) is 12.2 Å². The summed E-state index contributed by atoms with van der Waals surface area (Å²) in [6, 6.07) is 4.26. The topological polar surface area (TPSA) is 9.23 Å². The molecule has 15 heavy (non-hydrogen) atoms. The maximum atomic E-state index is 5.31. The first kappa shape index (κ1) is 12.1. The Hall–Kier alpha value is -0.980. The van der Waals surface area contributed by atoms with Crippen molar-refractivity contribution in [2.75, 3.05) is 7.11 Å². The fourth-order valence-electron chi connectivity index (χ4n) is 1.84. The summed E-state index contributed by atoms with van der Waals surface area (Å²) in [5.74, 6) is 0.991. The number of hydrogen-bond donors (Lipinski definition) is 0. The first-order valence-corrected chi connectivity index (χ1v) is 5.48. The fourth-order valence-corrected chi connectivity index (χ4v) is 1.84. The summed E-state index contributed by atoms with van der Waals surface area (Å²) < 4.78 is 5.31. The molecule has 0 atom stereocenters. The molecule has 0 radical (unpaired) electrons. The smallest absolute Gasteiger partial charge is 0.122 e. The van der Waals surface area contributed by atoms with E-state index in [0.29, 0.717) is 5.41 Å². The van der Waals surface area contributed by atoms with E-state index in [-0.39, 0.29) is 0 Å². The molecule has 0 bridgehead atoms. The van der Waals surface area contributed by atoms with Crippen LogP contribution in [0.1, 0.15) is 37.5 Å². The van der Waals surface area contributed by atoms with Crippen molar-refractivity contribution < 1.29 is 4.74 Å². The zero-order valence-electron chi connectivity index (χ0n) is 10.8. The average molecular weight is 206 g/mol. The molecule has 0 heterocycles. The summed E-state index contributed by atoms with van der Waals surface area (Å²) in [6.45, 7) is 11.1. The number of benzene rings is 1. The van der Waals surface area contributed by atoms with Crippen LogP contribution in [0, 0.1) is 19.3 Å². The van der Waals surface area contributed by atoms with Gasteiger partial charge in [-0.15, -0.1) is 0 Å². The van der Waals surface area contributed by atoms with E-state index in [1.165, 1.54) is 16.7 Å². The predicted molar refractivity (Wildman–Crippen MR) is 65.6 cm³/mol. The van der Waals surface area contributed by atoms with Crippen molar-refractivity contribution in [3.63, 3.8) is 0 Å². The van der Waals surface area contributed by atoms with Gasteiger partial charge >= 0.3 is 0 Å². The van der Waals surface area contributed by atoms with Gasteiger partial charge in [0.15, 0.2) is 0 Å². The van der Waals surface area contributed by atoms with Crippen LogP contribution in [0.2, 0.25) is 0 Å². The summed E-state index contributed by atoms with van der Waals surface area (Å²) >= 11 is 0. The quantitative estimate of drug-likeness (QED) is 0.713. The van der Waals surface area contributed by atoms with E-state index in [1.54, 1.807) is 7.11 Å². The molecule has 0 aromatic heterocycles. The summed E-state index contributed by atoms with van der Waals surface area (Å²) in [6.07, 6.45) is 1.11. The monoisotopic (exact) mass is 206 g/mol. The molecule has 1 aromatic rings. The van der Waals surface area contributed by atoms with Crippen LogP contribution in [0.5, 0.6) is 5.75 Å². The lowest BCUT2D eigenvalue weighted by molar-refractivity contribution is 0.403. The van der Waals surface area contributed by atoms with Crippen LogP contribution >= 0.6 is 0 Å². The van der Waals surface area contributed by atoms with Crippen LogP contribution < -0.4 is 4.74 Å². The highest BCUT2D eigenvalue weighted by Gasteiger charge is 2.14. The van der Waals surface area contributed by atoms with Gasteiger partial charge in [-0.05, 0) is 48.4 Å². The third-order valence-corrected chi connectivity index (χ3v) is 2.79. The van der Waals surface area contributed by atoms with Crippen molar-refractivity contribution in [1.82, 2.24) is 0 Å². The molecule has 0 amide bonds. The number of methoxy groups -OCH3 is 1. The van der Waals surface area contributed by atoms with Crippen LogP contribution in [0.4, 0.5) is 0 Å². The molecule has 0 spiro atoms. The second kappa shape index (κ2) is 4.26. The Kier molecular flexibility index (Phi) is 3.43. The van der Waals surface area contributed by atoms with Crippen LogP contribution in [0.25, 0.3) is 0 Å². The minimum absolute atomic E-state index is 0.339. The van der Waals surface area contributed by atoms with Gasteiger partial charge in [0.1, 0.15) is 5.75 Å². The van der Waals surface area contributed by atoms with Gasteiger partial charge in [-0.1, -0.05) is 26.8 Å². The molecular weight excluding hydrogens is 184 g/mol. The van der Waals surface area contributed by atoms with Gasteiger partial charge in [0.05, 0.1) is 7.11 Å². The molecule has 0 N–H and O–H groups in total. The van der Waals surface area contributed by atoms with E-state index in [1.807, 2.05) is 0 Å². The van der Waals surface area contributed by atoms with Crippen molar-refractivity contribution in [3.05, 3.63) is 28.8 Å². The summed E-state index contributed by atoms with van der Waals surface area (Å²) in [5.41, 5.74) is 4.40. The summed E-state index contributed by atoms with van der Waals surface area (Å²) in [5, 5.41) is 0. The van der Waals surface area contributed by atoms with Crippen molar-refractivity contribution in [1.29, 1.82) is 0 Å². The van der Waals surface area contributed by atoms with Gasteiger partial charge < -0.3 is 4.74 Å². The van der Waals surface area contributed by atoms with Crippen molar-refractivity contribution >= 4 is 0 Å². The summed E-state index contributed by atoms with van der Waals surface area (Å²) in [7, 11) is 1.73. The lowest BCUT2D eigenvalue weighted by atomic mass is 9.85. The Morgan fingerprint density at radius 2 is 1.67 bits per heavy atom. The van der Waals surface area contributed by atoms with Gasteiger partial charge in [0.2, 0.25) is 0 Å². The molecule has 1 heteroatoms. The van der Waals surface area contributed by atoms with E-state index < -0.39 is 0 Å². The van der Waals surface area contributed by atoms with Crippen LogP contribution in [0.3, 0.4) is 0 Å². The summed E-state index contributed by atoms with van der Waals surface area (Å²) in [4.78, 5) is 0. The minimum atomic E-state index is 0.339. The third-order valence-electron chi connectivity index (χ3n) is 2.79. The lowest BCUT2D eigenvalue weighted by Crippen LogP contribution is -2.10. The first-order chi connectivity index (χ1) is 6.85. The van der Waals surface area contributed by atoms with Gasteiger partial charge in [-0.25, -0.2) is 0 Å². The standard InChI is InChI=1S/C14H22O/c1-10-11(2)13(15-6)8-7-12(10)9-14(3,4)5/h7-8H,9H2,1-6H3. The Labute approximate surface area is 93.5 Å². The molecule has 0 aliphatic heterocycles. The number of ether oxygens (including phenoxy) is 1. The van der Waals surface area contributed by atoms with E-state index in [9.17, 15) is 0 Å². The van der Waals surface area contributed by atoms with Gasteiger partial charge in [0, 0.05) is 0 Å². The molecule has 0 aliphatic carbocycles. The highest BCUT2D eigenvalue weighted by Crippen LogP contribution is 2.28. The zero-order chi connectivity index (χ0) is 11.6. The predicted octanol–water partition coefficient (Wildman–Crippen LogP) is 3.90. The second-order valence-electron chi connectivity index (χ2n) is 5.41. The Morgan fingerprint density at radius 1 is 1.07 bits per heavy atom. The van der Waals surface area contributed by atoms with E-state index >= 15 is 0 Å². The van der Waals surface area contributed by atoms with Crippen molar-refractivity contribution in [2.24, 2.45) is 5.41 Å². The van der Waals surface area contributed by atoms with Gasteiger partial charge in [-0.3, -0.25) is 0 Å². The minimum Gasteiger partial charge on any atom is -0.496 e. The van der Waals surface area contributed by atoms with Crippen molar-refractivity contribution in [3.8, 4) is 5.75 Å². The van der Waals surface area contributed by atoms with E-state index in [2.05, 4.69) is 46.8 Å². The van der Waals surface area contributed by atoms with Crippen LogP contribution in [-0.2, 0) is 6.42 Å². The normalized spacial score (nSPS) is 11.6. The van der Waals surface area contributed by atoms with Gasteiger partial charge in [0.25, 0.3) is 0 Å². The molecule has 0 saturated carbocycles. The molecule has 1 aromatic carbocycles. The molecule has 1 rings (SSSR count). The second-order valence-corrected chi connectivity index (χ2v) is 5.41. The maximum Gasteiger partial charge on any atom is 0.122 e. The molecule has 0 aliphatic rings. The van der Waals surface area contributed by atoms with Crippen LogP contribution in [-0.4, -0.2) is 7.11 Å². The lowest BCUT2D eigenvalue weighted by Gasteiger charge is -2.21. The van der Waals surface area contributed by atoms with Crippen molar-refractivity contribution in [2.45, 2.75) is 41.0 Å². The zero-order valence-corrected chi connectivity index (χ0v) is 10.8. The highest BCUT2D eigenvalue weighted by atomic mass is 16.5. The molecule has 0 unspecified atom stereocenters. The average Bonchev–Trinajstić information content (AvgIpc) is 2.11. The first-order valence-electron chi connectivity index (χ1n) is 5.48. The number of hydrogen-bond acceptors (Lipinski definition) is 1. The van der Waals surface area contributed by atoms with E-state index in [4.69, 9.17) is 4.74 Å². The fraction of sp³-hybridized carbons (Fsp3) is 0.571. The molecule has 84 valence electrons. The van der Waals surface area contributed by atoms with Gasteiger partial charge in [-0.2, -0.15) is 0 Å². The maximum absolute atomic E-state index is 5.31. The molecule has 1 nitrogen and oxygen atoms in total. The third kappa shape index (κ3) is 2.98. The Bertz CT molecular complexity index is 345. The largest absolute Gasteiger partial charge is 0.496 e. The highest BCUT2D eigenvalue weighted by molar-refractivity contribution is 5.43. The van der Waals surface area contributed by atoms with Crippen LogP contribution in [0.15, 0.2) is 12.1 Å². The molecular formula is C14H22O.